The molecule has 178 valence electrons. The molecule has 0 bridgehead atoms. The highest BCUT2D eigenvalue weighted by atomic mass is 127. The molecular weight excluding hydrogens is 803 g/mol. The van der Waals surface area contributed by atoms with Gasteiger partial charge in [0.05, 0.1) is 19.0 Å². The number of fused-ring (bicyclic) bond motifs is 1. The third kappa shape index (κ3) is 6.32. The van der Waals surface area contributed by atoms with Gasteiger partial charge in [0.15, 0.2) is 12.4 Å². The first-order valence-corrected chi connectivity index (χ1v) is 13.9. The van der Waals surface area contributed by atoms with E-state index in [1.54, 1.807) is 24.3 Å². The summed E-state index contributed by atoms with van der Waals surface area (Å²) >= 11 is 6.25. The van der Waals surface area contributed by atoms with Crippen LogP contribution in [-0.4, -0.2) is 36.8 Å². The van der Waals surface area contributed by atoms with Gasteiger partial charge in [-0.15, -0.1) is 0 Å². The number of carbonyl (C=O) groups is 2. The zero-order chi connectivity index (χ0) is 24.6. The predicted octanol–water partition coefficient (Wildman–Crippen LogP) is 4.78. The topological polar surface area (TPSA) is 107 Å². The maximum Gasteiger partial charge on any atom is 0.402 e. The lowest BCUT2D eigenvalue weighted by molar-refractivity contribution is -0.152. The van der Waals surface area contributed by atoms with E-state index in [1.807, 2.05) is 12.1 Å². The van der Waals surface area contributed by atoms with Crippen LogP contribution in [0.4, 0.5) is 8.78 Å². The second kappa shape index (κ2) is 10.5. The van der Waals surface area contributed by atoms with Crippen molar-refractivity contribution in [2.24, 2.45) is 5.92 Å². The van der Waals surface area contributed by atoms with E-state index in [4.69, 9.17) is 9.29 Å². The Bertz CT molecular complexity index is 1180. The summed E-state index contributed by atoms with van der Waals surface area (Å²) in [7, 11) is -5.75. The van der Waals surface area contributed by atoms with Crippen LogP contribution < -0.4 is 4.74 Å². The molecule has 3 rings (SSSR count). The number of ether oxygens (including phenoxy) is 2. The van der Waals surface area contributed by atoms with Crippen LogP contribution >= 0.6 is 67.8 Å². The number of carbonyl (C=O) groups excluding carboxylic acids is 2. The van der Waals surface area contributed by atoms with E-state index in [0.29, 0.717) is 16.9 Å². The van der Waals surface area contributed by atoms with Gasteiger partial charge < -0.3 is 9.47 Å². The Morgan fingerprint density at radius 3 is 2.30 bits per heavy atom. The fraction of sp³-hybridized carbons (Fsp3) is 0.300. The van der Waals surface area contributed by atoms with Crippen molar-refractivity contribution in [3.8, 4) is 5.75 Å². The molecule has 1 aliphatic rings. The van der Waals surface area contributed by atoms with Gasteiger partial charge >= 0.3 is 27.3 Å². The maximum absolute atomic E-state index is 13.5. The molecule has 1 N–H and O–H groups in total. The molecule has 0 heterocycles. The largest absolute Gasteiger partial charge is 0.457 e. The highest BCUT2D eigenvalue weighted by molar-refractivity contribution is 14.1. The SMILES string of the molecule is O=C(Oc1c(I)cc(I)cc1I)C1Cc2ccccc2C(C(=O)OCC(F)(F)S(=O)(=O)O)C1. The summed E-state index contributed by atoms with van der Waals surface area (Å²) in [5.74, 6) is -3.15. The minimum atomic E-state index is -5.75. The predicted molar refractivity (Wildman–Crippen MR) is 139 cm³/mol. The minimum absolute atomic E-state index is 0.0658. The van der Waals surface area contributed by atoms with Crippen LogP contribution in [0.25, 0.3) is 0 Å². The molecule has 13 heteroatoms. The van der Waals surface area contributed by atoms with Crippen molar-refractivity contribution in [1.29, 1.82) is 0 Å². The molecular formula is C20H15F2I3O7S. The van der Waals surface area contributed by atoms with Crippen molar-refractivity contribution >= 4 is 89.8 Å². The molecule has 0 amide bonds. The summed E-state index contributed by atoms with van der Waals surface area (Å²) in [5, 5.41) is -4.65. The van der Waals surface area contributed by atoms with E-state index in [1.165, 1.54) is 0 Å². The first-order valence-electron chi connectivity index (χ1n) is 9.25. The fourth-order valence-corrected chi connectivity index (χ4v) is 7.37. The van der Waals surface area contributed by atoms with Gasteiger partial charge in [-0.3, -0.25) is 14.1 Å². The monoisotopic (exact) mass is 818 g/mol. The van der Waals surface area contributed by atoms with Gasteiger partial charge in [0, 0.05) is 3.57 Å². The average Bonchev–Trinajstić information content (AvgIpc) is 2.72. The van der Waals surface area contributed by atoms with E-state index in [9.17, 15) is 26.8 Å². The normalized spacial score (nSPS) is 18.4. The molecule has 33 heavy (non-hydrogen) atoms. The molecule has 0 radical (unpaired) electrons. The maximum atomic E-state index is 13.5. The van der Waals surface area contributed by atoms with Crippen molar-refractivity contribution in [3.63, 3.8) is 0 Å². The lowest BCUT2D eigenvalue weighted by Gasteiger charge is -2.29. The third-order valence-electron chi connectivity index (χ3n) is 4.96. The highest BCUT2D eigenvalue weighted by Gasteiger charge is 2.46. The summed E-state index contributed by atoms with van der Waals surface area (Å²) < 4.78 is 69.8. The fourth-order valence-electron chi connectivity index (χ4n) is 3.36. The molecule has 1 aliphatic carbocycles. The average molecular weight is 818 g/mol. The van der Waals surface area contributed by atoms with Gasteiger partial charge in [0.1, 0.15) is 0 Å². The number of hydrogen-bond donors (Lipinski definition) is 1. The zero-order valence-electron chi connectivity index (χ0n) is 16.4. The molecule has 2 unspecified atom stereocenters. The molecule has 0 aliphatic heterocycles. The number of alkyl halides is 2. The van der Waals surface area contributed by atoms with Crippen LogP contribution in [0.5, 0.6) is 5.75 Å². The van der Waals surface area contributed by atoms with Crippen LogP contribution in [-0.2, 0) is 30.9 Å². The van der Waals surface area contributed by atoms with Gasteiger partial charge in [0.25, 0.3) is 0 Å². The van der Waals surface area contributed by atoms with Crippen LogP contribution in [0, 0.1) is 16.6 Å². The Hall–Kier alpha value is -0.660. The number of halogens is 5. The van der Waals surface area contributed by atoms with Crippen molar-refractivity contribution in [3.05, 3.63) is 58.2 Å². The van der Waals surface area contributed by atoms with Gasteiger partial charge in [-0.05, 0) is 104 Å². The second-order valence-corrected chi connectivity index (χ2v) is 12.3. The summed E-state index contributed by atoms with van der Waals surface area (Å²) in [6.07, 6.45) is 0.209. The van der Waals surface area contributed by atoms with Crippen LogP contribution in [0.1, 0.15) is 23.5 Å². The first kappa shape index (κ1) is 26.9. The summed E-state index contributed by atoms with van der Waals surface area (Å²) in [6, 6.07) is 10.4. The lowest BCUT2D eigenvalue weighted by Crippen LogP contribution is -2.37. The first-order chi connectivity index (χ1) is 15.3. The van der Waals surface area contributed by atoms with Crippen molar-refractivity contribution < 1.29 is 40.8 Å². The number of hydrogen-bond acceptors (Lipinski definition) is 6. The molecule has 0 spiro atoms. The second-order valence-electron chi connectivity index (χ2n) is 7.23. The van der Waals surface area contributed by atoms with Crippen LogP contribution in [0.2, 0.25) is 0 Å². The van der Waals surface area contributed by atoms with Crippen molar-refractivity contribution in [2.75, 3.05) is 6.61 Å². The van der Waals surface area contributed by atoms with E-state index >= 15 is 0 Å². The molecule has 0 saturated heterocycles. The summed E-state index contributed by atoms with van der Waals surface area (Å²) in [6.45, 7) is -1.84. The molecule has 2 aromatic carbocycles. The van der Waals surface area contributed by atoms with E-state index in [-0.39, 0.29) is 12.8 Å². The van der Waals surface area contributed by atoms with Crippen LogP contribution in [0.3, 0.4) is 0 Å². The number of esters is 2. The van der Waals surface area contributed by atoms with Crippen molar-refractivity contribution in [2.45, 2.75) is 24.0 Å². The molecule has 0 saturated carbocycles. The van der Waals surface area contributed by atoms with Gasteiger partial charge in [0.2, 0.25) is 0 Å². The van der Waals surface area contributed by atoms with E-state index < -0.39 is 45.8 Å². The number of rotatable bonds is 6. The number of benzene rings is 2. The Morgan fingerprint density at radius 1 is 1.09 bits per heavy atom. The van der Waals surface area contributed by atoms with Gasteiger partial charge in [-0.25, -0.2) is 0 Å². The lowest BCUT2D eigenvalue weighted by atomic mass is 9.77. The standard InChI is InChI=1S/C20H15F2I3O7S/c21-20(22,33(28,29)30)9-31-19(27)14-6-11(5-10-3-1-2-4-13(10)14)18(26)32-17-15(24)7-12(23)8-16(17)25/h1-4,7-8,11,14H,5-6,9H2,(H,28,29,30). The van der Waals surface area contributed by atoms with Gasteiger partial charge in [-0.2, -0.15) is 17.2 Å². The smallest absolute Gasteiger partial charge is 0.402 e. The Kier molecular flexibility index (Phi) is 8.60. The van der Waals surface area contributed by atoms with E-state index in [2.05, 4.69) is 72.5 Å². The zero-order valence-corrected chi connectivity index (χ0v) is 23.7. The van der Waals surface area contributed by atoms with Gasteiger partial charge in [-0.1, -0.05) is 24.3 Å². The Labute approximate surface area is 229 Å². The Balaban J connectivity index is 1.82. The summed E-state index contributed by atoms with van der Waals surface area (Å²) in [4.78, 5) is 25.6. The summed E-state index contributed by atoms with van der Waals surface area (Å²) in [5.41, 5.74) is 1.15. The molecule has 2 atom stereocenters. The third-order valence-corrected chi connectivity index (χ3v) is 8.06. The quantitative estimate of drug-likeness (QED) is 0.194. The van der Waals surface area contributed by atoms with Crippen LogP contribution in [0.15, 0.2) is 36.4 Å². The molecule has 0 aromatic heterocycles. The molecule has 0 fully saturated rings. The van der Waals surface area contributed by atoms with Crippen molar-refractivity contribution in [1.82, 2.24) is 0 Å². The van der Waals surface area contributed by atoms with E-state index in [0.717, 1.165) is 10.7 Å². The molecule has 7 nitrogen and oxygen atoms in total. The Morgan fingerprint density at radius 2 is 1.70 bits per heavy atom. The minimum Gasteiger partial charge on any atom is -0.457 e. The highest BCUT2D eigenvalue weighted by Crippen LogP contribution is 2.38. The molecule has 2 aromatic rings.